The van der Waals surface area contributed by atoms with Crippen LogP contribution in [0.15, 0.2) is 18.2 Å². The first-order chi connectivity index (χ1) is 10.1. The molecule has 0 aromatic heterocycles. The van der Waals surface area contributed by atoms with Gasteiger partial charge in [0.1, 0.15) is 5.78 Å². The molecule has 0 aliphatic heterocycles. The first-order valence-corrected chi connectivity index (χ1v) is 8.19. The van der Waals surface area contributed by atoms with Crippen LogP contribution in [0.5, 0.6) is 0 Å². The van der Waals surface area contributed by atoms with Gasteiger partial charge in [0.25, 0.3) is 0 Å². The molecule has 5 heteroatoms. The first-order valence-electron chi connectivity index (χ1n) is 7.44. The summed E-state index contributed by atoms with van der Waals surface area (Å²) in [6, 6.07) is 4.97. The Morgan fingerprint density at radius 2 is 1.86 bits per heavy atom. The summed E-state index contributed by atoms with van der Waals surface area (Å²) in [6.07, 6.45) is 1.81. The Morgan fingerprint density at radius 1 is 1.18 bits per heavy atom. The van der Waals surface area contributed by atoms with E-state index in [1.807, 2.05) is 20.8 Å². The van der Waals surface area contributed by atoms with Crippen LogP contribution in [0.4, 0.5) is 5.69 Å². The molecule has 2 atom stereocenters. The van der Waals surface area contributed by atoms with Crippen molar-refractivity contribution in [1.82, 2.24) is 0 Å². The van der Waals surface area contributed by atoms with E-state index in [1.165, 1.54) is 0 Å². The molecule has 2 aliphatic carbocycles. The van der Waals surface area contributed by atoms with Gasteiger partial charge in [-0.2, -0.15) is 0 Å². The van der Waals surface area contributed by atoms with Crippen molar-refractivity contribution in [3.05, 3.63) is 28.2 Å². The molecule has 1 amide bonds. The molecular formula is C17H19Cl2NO2. The Labute approximate surface area is 140 Å². The van der Waals surface area contributed by atoms with Crippen molar-refractivity contribution in [2.45, 2.75) is 40.0 Å². The number of fused-ring (bicyclic) bond motifs is 2. The van der Waals surface area contributed by atoms with E-state index in [9.17, 15) is 9.59 Å². The van der Waals surface area contributed by atoms with Gasteiger partial charge < -0.3 is 5.32 Å². The molecule has 0 radical (unpaired) electrons. The van der Waals surface area contributed by atoms with Crippen LogP contribution in [0.2, 0.25) is 10.0 Å². The highest BCUT2D eigenvalue weighted by atomic mass is 35.5. The average Bonchev–Trinajstić information content (AvgIpc) is 2.72. The molecule has 2 fully saturated rings. The Morgan fingerprint density at radius 3 is 2.36 bits per heavy atom. The van der Waals surface area contributed by atoms with Gasteiger partial charge in [0, 0.05) is 16.9 Å². The zero-order valence-corrected chi connectivity index (χ0v) is 14.4. The van der Waals surface area contributed by atoms with Gasteiger partial charge in [0.15, 0.2) is 0 Å². The Balaban J connectivity index is 1.94. The van der Waals surface area contributed by atoms with E-state index in [1.54, 1.807) is 18.2 Å². The minimum atomic E-state index is -0.651. The second-order valence-corrected chi connectivity index (χ2v) is 8.06. The molecule has 2 unspecified atom stereocenters. The fraction of sp³-hybridized carbons (Fsp3) is 0.529. The number of nitrogens with one attached hydrogen (secondary N) is 1. The maximum absolute atomic E-state index is 13.0. The lowest BCUT2D eigenvalue weighted by molar-refractivity contribution is -0.131. The van der Waals surface area contributed by atoms with Crippen LogP contribution in [0, 0.1) is 16.2 Å². The second kappa shape index (κ2) is 4.72. The fourth-order valence-electron chi connectivity index (χ4n) is 4.19. The van der Waals surface area contributed by atoms with Crippen molar-refractivity contribution < 1.29 is 9.59 Å². The summed E-state index contributed by atoms with van der Waals surface area (Å²) in [5.74, 6) is 0.0809. The number of Topliss-reactive ketones (excluding diaryl/α,β-unsaturated/α-hetero) is 1. The van der Waals surface area contributed by atoms with Crippen LogP contribution in [0.25, 0.3) is 0 Å². The molecule has 0 saturated heterocycles. The predicted molar refractivity (Wildman–Crippen MR) is 88.3 cm³/mol. The zero-order valence-electron chi connectivity index (χ0n) is 12.9. The molecule has 0 heterocycles. The number of carbonyl (C=O) groups is 2. The van der Waals surface area contributed by atoms with Gasteiger partial charge in [0.05, 0.1) is 16.1 Å². The van der Waals surface area contributed by atoms with Crippen LogP contribution in [-0.4, -0.2) is 11.7 Å². The van der Waals surface area contributed by atoms with Gasteiger partial charge >= 0.3 is 0 Å². The Hall–Kier alpha value is -1.06. The highest BCUT2D eigenvalue weighted by molar-refractivity contribution is 6.36. The van der Waals surface area contributed by atoms with E-state index in [-0.39, 0.29) is 17.1 Å². The topological polar surface area (TPSA) is 46.2 Å². The highest BCUT2D eigenvalue weighted by Gasteiger charge is 2.72. The summed E-state index contributed by atoms with van der Waals surface area (Å²) in [5.41, 5.74) is -0.884. The lowest BCUT2D eigenvalue weighted by Gasteiger charge is -2.38. The normalized spacial score (nSPS) is 32.3. The monoisotopic (exact) mass is 339 g/mol. The summed E-state index contributed by atoms with van der Waals surface area (Å²) < 4.78 is 0. The largest absolute Gasteiger partial charge is 0.324 e. The number of anilines is 1. The number of halogens is 2. The van der Waals surface area contributed by atoms with Crippen molar-refractivity contribution in [3.63, 3.8) is 0 Å². The number of amides is 1. The minimum Gasteiger partial charge on any atom is -0.324 e. The summed E-state index contributed by atoms with van der Waals surface area (Å²) in [5, 5.41) is 3.83. The van der Waals surface area contributed by atoms with E-state index in [2.05, 4.69) is 5.32 Å². The molecule has 3 nitrogen and oxygen atoms in total. The standard InChI is InChI=1S/C17H19Cl2NO2/c1-15(2)16(3)6-7-17(15,9-13(16)21)14(22)20-12-5-4-10(18)8-11(12)19/h4-5,8H,6-7,9H2,1-3H3,(H,20,22). The molecule has 2 saturated carbocycles. The zero-order chi connectivity index (χ0) is 16.3. The van der Waals surface area contributed by atoms with Crippen molar-refractivity contribution in [2.24, 2.45) is 16.2 Å². The van der Waals surface area contributed by atoms with E-state index in [0.717, 1.165) is 12.8 Å². The molecule has 1 aromatic rings. The first kappa shape index (κ1) is 15.8. The highest BCUT2D eigenvalue weighted by Crippen LogP contribution is 2.70. The van der Waals surface area contributed by atoms with Gasteiger partial charge in [-0.15, -0.1) is 0 Å². The molecule has 2 bridgehead atoms. The average molecular weight is 340 g/mol. The minimum absolute atomic E-state index is 0.115. The van der Waals surface area contributed by atoms with Crippen LogP contribution >= 0.6 is 23.2 Å². The maximum atomic E-state index is 13.0. The lowest BCUT2D eigenvalue weighted by Crippen LogP contribution is -2.43. The number of ketones is 1. The van der Waals surface area contributed by atoms with Crippen molar-refractivity contribution in [3.8, 4) is 0 Å². The summed E-state index contributed by atoms with van der Waals surface area (Å²) >= 11 is 12.0. The summed E-state index contributed by atoms with van der Waals surface area (Å²) in [7, 11) is 0. The smallest absolute Gasteiger partial charge is 0.231 e. The number of rotatable bonds is 2. The number of benzene rings is 1. The van der Waals surface area contributed by atoms with E-state index in [4.69, 9.17) is 23.2 Å². The molecule has 1 N–H and O–H groups in total. The fourth-order valence-corrected chi connectivity index (χ4v) is 4.65. The van der Waals surface area contributed by atoms with E-state index in [0.29, 0.717) is 22.2 Å². The molecule has 118 valence electrons. The van der Waals surface area contributed by atoms with Gasteiger partial charge in [0.2, 0.25) is 5.91 Å². The SMILES string of the molecule is CC12CCC(C(=O)Nc3ccc(Cl)cc3Cl)(CC1=O)C2(C)C. The third-order valence-corrected chi connectivity index (χ3v) is 6.87. The Kier molecular flexibility index (Phi) is 3.39. The third-order valence-electron chi connectivity index (χ3n) is 6.32. The molecule has 2 aliphatic rings. The lowest BCUT2D eigenvalue weighted by atomic mass is 9.64. The van der Waals surface area contributed by atoms with Gasteiger partial charge in [-0.1, -0.05) is 44.0 Å². The van der Waals surface area contributed by atoms with Crippen molar-refractivity contribution in [2.75, 3.05) is 5.32 Å². The predicted octanol–water partition coefficient (Wildman–Crippen LogP) is 4.72. The van der Waals surface area contributed by atoms with Crippen LogP contribution in [0.3, 0.4) is 0 Å². The van der Waals surface area contributed by atoms with E-state index >= 15 is 0 Å². The summed E-state index contributed by atoms with van der Waals surface area (Å²) in [6.45, 7) is 6.06. The molecule has 3 rings (SSSR count). The van der Waals surface area contributed by atoms with Gasteiger partial charge in [-0.3, -0.25) is 9.59 Å². The quantitative estimate of drug-likeness (QED) is 0.847. The second-order valence-electron chi connectivity index (χ2n) is 7.22. The number of carbonyl (C=O) groups excluding carboxylic acids is 2. The van der Waals surface area contributed by atoms with Crippen molar-refractivity contribution >= 4 is 40.6 Å². The van der Waals surface area contributed by atoms with E-state index < -0.39 is 10.8 Å². The molecule has 22 heavy (non-hydrogen) atoms. The van der Waals surface area contributed by atoms with Crippen LogP contribution in [0.1, 0.15) is 40.0 Å². The van der Waals surface area contributed by atoms with Crippen LogP contribution in [-0.2, 0) is 9.59 Å². The summed E-state index contributed by atoms with van der Waals surface area (Å²) in [4.78, 5) is 25.4. The number of hydrogen-bond donors (Lipinski definition) is 1. The number of hydrogen-bond acceptors (Lipinski definition) is 2. The van der Waals surface area contributed by atoms with Crippen LogP contribution < -0.4 is 5.32 Å². The maximum Gasteiger partial charge on any atom is 0.231 e. The van der Waals surface area contributed by atoms with Gasteiger partial charge in [-0.25, -0.2) is 0 Å². The molecular weight excluding hydrogens is 321 g/mol. The van der Waals surface area contributed by atoms with Crippen molar-refractivity contribution in [1.29, 1.82) is 0 Å². The third kappa shape index (κ3) is 1.82. The van der Waals surface area contributed by atoms with Gasteiger partial charge in [-0.05, 0) is 36.5 Å². The molecule has 0 spiro atoms. The molecule has 1 aromatic carbocycles. The Bertz CT molecular complexity index is 685.